The van der Waals surface area contributed by atoms with Gasteiger partial charge in [-0.15, -0.1) is 5.10 Å². The summed E-state index contributed by atoms with van der Waals surface area (Å²) in [6.07, 6.45) is -0.530. The number of aliphatic carboxylic acids is 2. The minimum absolute atomic E-state index is 0.187. The van der Waals surface area contributed by atoms with Gasteiger partial charge in [0.25, 0.3) is 5.91 Å². The molecule has 9 heteroatoms. The molecule has 0 aliphatic carbocycles. The lowest BCUT2D eigenvalue weighted by Gasteiger charge is -2.17. The predicted molar refractivity (Wildman–Crippen MR) is 74.4 cm³/mol. The van der Waals surface area contributed by atoms with Crippen molar-refractivity contribution in [2.24, 2.45) is 0 Å². The molecule has 0 fully saturated rings. The fourth-order valence-corrected chi connectivity index (χ4v) is 2.36. The van der Waals surface area contributed by atoms with Crippen LogP contribution in [0.5, 0.6) is 0 Å². The third-order valence-electron chi connectivity index (χ3n) is 2.65. The van der Waals surface area contributed by atoms with Crippen LogP contribution in [0.1, 0.15) is 49.0 Å². The van der Waals surface area contributed by atoms with E-state index in [2.05, 4.69) is 14.9 Å². The van der Waals surface area contributed by atoms with Crippen LogP contribution in [0.3, 0.4) is 0 Å². The summed E-state index contributed by atoms with van der Waals surface area (Å²) in [5.74, 6) is -3.00. The number of nitrogens with one attached hydrogen (secondary N) is 1. The van der Waals surface area contributed by atoms with E-state index in [-0.39, 0.29) is 17.7 Å². The van der Waals surface area contributed by atoms with Crippen LogP contribution in [0.25, 0.3) is 0 Å². The molecular weight excluding hydrogens is 298 g/mol. The average molecular weight is 315 g/mol. The molecule has 1 aromatic rings. The highest BCUT2D eigenvalue weighted by molar-refractivity contribution is 7.08. The molecule has 0 spiro atoms. The largest absolute Gasteiger partial charge is 0.481 e. The van der Waals surface area contributed by atoms with E-state index < -0.39 is 29.3 Å². The molecular formula is C12H17N3O5S. The Hall–Kier alpha value is -2.03. The van der Waals surface area contributed by atoms with Crippen molar-refractivity contribution in [3.63, 3.8) is 0 Å². The first kappa shape index (κ1) is 17.0. The molecule has 0 bridgehead atoms. The van der Waals surface area contributed by atoms with Crippen molar-refractivity contribution >= 4 is 29.4 Å². The molecule has 0 radical (unpaired) electrons. The second-order valence-electron chi connectivity index (χ2n) is 5.50. The van der Waals surface area contributed by atoms with Gasteiger partial charge in [-0.25, -0.2) is 4.79 Å². The maximum atomic E-state index is 12.1. The number of carbonyl (C=O) groups excluding carboxylic acids is 1. The van der Waals surface area contributed by atoms with Gasteiger partial charge in [0.15, 0.2) is 0 Å². The molecule has 0 aliphatic rings. The molecule has 3 N–H and O–H groups in total. The van der Waals surface area contributed by atoms with Gasteiger partial charge in [0.05, 0.1) is 5.69 Å². The summed E-state index contributed by atoms with van der Waals surface area (Å²) in [6.45, 7) is 5.58. The fraction of sp³-hybridized carbons (Fsp3) is 0.583. The molecule has 0 aromatic carbocycles. The minimum Gasteiger partial charge on any atom is -0.481 e. The van der Waals surface area contributed by atoms with Crippen molar-refractivity contribution < 1.29 is 24.6 Å². The summed E-state index contributed by atoms with van der Waals surface area (Å²) >= 11 is 0.880. The number of rotatable bonds is 6. The van der Waals surface area contributed by atoms with Crippen LogP contribution in [0.2, 0.25) is 0 Å². The van der Waals surface area contributed by atoms with Crippen LogP contribution in [-0.2, 0) is 15.0 Å². The number of nitrogens with zero attached hydrogens (tertiary/aromatic N) is 2. The standard InChI is InChI=1S/C12H17N3O5S/c1-12(2,3)9-8(21-15-14-9)10(18)13-6(11(19)20)4-5-7(16)17/h6H,4-5H2,1-3H3,(H,13,18)(H,16,17)(H,19,20)/t6-/m0/s1. The van der Waals surface area contributed by atoms with E-state index >= 15 is 0 Å². The Morgan fingerprint density at radius 2 is 1.90 bits per heavy atom. The highest BCUT2D eigenvalue weighted by atomic mass is 32.1. The van der Waals surface area contributed by atoms with Gasteiger partial charge >= 0.3 is 11.9 Å². The highest BCUT2D eigenvalue weighted by Gasteiger charge is 2.29. The summed E-state index contributed by atoms with van der Waals surface area (Å²) < 4.78 is 3.73. The lowest BCUT2D eigenvalue weighted by molar-refractivity contribution is -0.140. The van der Waals surface area contributed by atoms with E-state index in [1.807, 2.05) is 20.8 Å². The van der Waals surface area contributed by atoms with Crippen LogP contribution in [-0.4, -0.2) is 43.7 Å². The van der Waals surface area contributed by atoms with E-state index in [1.165, 1.54) is 0 Å². The summed E-state index contributed by atoms with van der Waals surface area (Å²) in [7, 11) is 0. The first-order valence-corrected chi connectivity index (χ1v) is 6.98. The zero-order valence-electron chi connectivity index (χ0n) is 11.9. The highest BCUT2D eigenvalue weighted by Crippen LogP contribution is 2.25. The van der Waals surface area contributed by atoms with E-state index in [0.717, 1.165) is 11.5 Å². The molecule has 1 rings (SSSR count). The molecule has 0 saturated carbocycles. The normalized spacial score (nSPS) is 12.7. The summed E-state index contributed by atoms with van der Waals surface area (Å²) in [5.41, 5.74) is 0.0757. The quantitative estimate of drug-likeness (QED) is 0.710. The topological polar surface area (TPSA) is 129 Å². The Bertz CT molecular complexity index is 549. The number of carboxylic acids is 2. The second-order valence-corrected chi connectivity index (χ2v) is 6.25. The molecule has 1 atom stereocenters. The number of carboxylic acid groups (broad SMARTS) is 2. The van der Waals surface area contributed by atoms with Gasteiger partial charge in [-0.3, -0.25) is 9.59 Å². The molecule has 1 amide bonds. The van der Waals surface area contributed by atoms with Crippen molar-refractivity contribution in [1.82, 2.24) is 14.9 Å². The second kappa shape index (κ2) is 6.61. The number of hydrogen-bond donors (Lipinski definition) is 3. The zero-order chi connectivity index (χ0) is 16.2. The minimum atomic E-state index is -1.28. The van der Waals surface area contributed by atoms with E-state index in [0.29, 0.717) is 5.69 Å². The Labute approximate surface area is 125 Å². The van der Waals surface area contributed by atoms with Gasteiger partial charge < -0.3 is 15.5 Å². The summed E-state index contributed by atoms with van der Waals surface area (Å²) in [5, 5.41) is 23.8. The Morgan fingerprint density at radius 1 is 1.29 bits per heavy atom. The molecule has 1 aromatic heterocycles. The van der Waals surface area contributed by atoms with Crippen LogP contribution in [0.4, 0.5) is 0 Å². The summed E-state index contributed by atoms with van der Waals surface area (Å²) in [4.78, 5) is 33.9. The third-order valence-corrected chi connectivity index (χ3v) is 3.38. The monoisotopic (exact) mass is 315 g/mol. The van der Waals surface area contributed by atoms with Crippen molar-refractivity contribution in [2.75, 3.05) is 0 Å². The SMILES string of the molecule is CC(C)(C)c1nnsc1C(=O)N[C@@H](CCC(=O)O)C(=O)O. The molecule has 21 heavy (non-hydrogen) atoms. The molecule has 0 saturated heterocycles. The fourth-order valence-electron chi connectivity index (χ4n) is 1.58. The predicted octanol–water partition coefficient (Wildman–Crippen LogP) is 0.883. The number of aromatic nitrogens is 2. The maximum absolute atomic E-state index is 12.1. The van der Waals surface area contributed by atoms with Gasteiger partial charge in [0.2, 0.25) is 0 Å². The van der Waals surface area contributed by atoms with Crippen LogP contribution >= 0.6 is 11.5 Å². The smallest absolute Gasteiger partial charge is 0.326 e. The molecule has 116 valence electrons. The molecule has 0 unspecified atom stereocenters. The van der Waals surface area contributed by atoms with Gasteiger partial charge in [0.1, 0.15) is 10.9 Å². The summed E-state index contributed by atoms with van der Waals surface area (Å²) in [6, 6.07) is -1.26. The van der Waals surface area contributed by atoms with Crippen LogP contribution < -0.4 is 5.32 Å². The number of carbonyl (C=O) groups is 3. The van der Waals surface area contributed by atoms with Crippen molar-refractivity contribution in [3.05, 3.63) is 10.6 Å². The van der Waals surface area contributed by atoms with E-state index in [1.54, 1.807) is 0 Å². The van der Waals surface area contributed by atoms with E-state index in [9.17, 15) is 14.4 Å². The van der Waals surface area contributed by atoms with Crippen LogP contribution in [0, 0.1) is 0 Å². The van der Waals surface area contributed by atoms with Crippen molar-refractivity contribution in [2.45, 2.75) is 45.1 Å². The molecule has 8 nitrogen and oxygen atoms in total. The molecule has 1 heterocycles. The Balaban J connectivity index is 2.86. The third kappa shape index (κ3) is 4.78. The Kier molecular flexibility index (Phi) is 5.36. The first-order chi connectivity index (χ1) is 9.62. The van der Waals surface area contributed by atoms with Gasteiger partial charge in [0, 0.05) is 11.8 Å². The van der Waals surface area contributed by atoms with Gasteiger partial charge in [-0.05, 0) is 18.0 Å². The van der Waals surface area contributed by atoms with Crippen molar-refractivity contribution in [3.8, 4) is 0 Å². The van der Waals surface area contributed by atoms with E-state index in [4.69, 9.17) is 10.2 Å². The zero-order valence-corrected chi connectivity index (χ0v) is 12.7. The first-order valence-electron chi connectivity index (χ1n) is 6.21. The van der Waals surface area contributed by atoms with Crippen LogP contribution in [0.15, 0.2) is 0 Å². The number of hydrogen-bond acceptors (Lipinski definition) is 6. The van der Waals surface area contributed by atoms with Gasteiger partial charge in [-0.2, -0.15) is 0 Å². The lowest BCUT2D eigenvalue weighted by Crippen LogP contribution is -2.41. The molecule has 0 aliphatic heterocycles. The average Bonchev–Trinajstić information content (AvgIpc) is 2.82. The lowest BCUT2D eigenvalue weighted by atomic mass is 9.91. The Morgan fingerprint density at radius 3 is 2.38 bits per heavy atom. The van der Waals surface area contributed by atoms with Crippen molar-refractivity contribution in [1.29, 1.82) is 0 Å². The van der Waals surface area contributed by atoms with Gasteiger partial charge in [-0.1, -0.05) is 25.3 Å². The number of amides is 1. The maximum Gasteiger partial charge on any atom is 0.326 e.